The van der Waals surface area contributed by atoms with Crippen molar-refractivity contribution in [2.24, 2.45) is 23.7 Å². The molecule has 6 atom stereocenters. The highest BCUT2D eigenvalue weighted by Crippen LogP contribution is 2.58. The van der Waals surface area contributed by atoms with Crippen LogP contribution in [0.3, 0.4) is 0 Å². The van der Waals surface area contributed by atoms with Gasteiger partial charge in [-0.1, -0.05) is 12.2 Å². The molecule has 3 aliphatic rings. The zero-order valence-electron chi connectivity index (χ0n) is 7.85. The van der Waals surface area contributed by atoms with Gasteiger partial charge in [-0.2, -0.15) is 0 Å². The molecule has 0 aromatic heterocycles. The monoisotopic (exact) mass is 180 g/mol. The van der Waals surface area contributed by atoms with Crippen molar-refractivity contribution in [1.29, 1.82) is 0 Å². The smallest absolute Gasteiger partial charge is 0.0681 e. The van der Waals surface area contributed by atoms with Crippen molar-refractivity contribution < 1.29 is 10.2 Å². The molecule has 2 nitrogen and oxygen atoms in total. The molecule has 3 rings (SSSR count). The average Bonchev–Trinajstić information content (AvgIpc) is 2.55. The summed E-state index contributed by atoms with van der Waals surface area (Å²) in [5.41, 5.74) is -0.631. The topological polar surface area (TPSA) is 40.5 Å². The van der Waals surface area contributed by atoms with Crippen LogP contribution in [0.15, 0.2) is 12.2 Å². The van der Waals surface area contributed by atoms with Crippen molar-refractivity contribution in [3.63, 3.8) is 0 Å². The lowest BCUT2D eigenvalue weighted by Crippen LogP contribution is -2.36. The molecule has 0 aromatic carbocycles. The lowest BCUT2D eigenvalue weighted by Gasteiger charge is -2.27. The van der Waals surface area contributed by atoms with E-state index in [9.17, 15) is 10.2 Å². The third-order valence-corrected chi connectivity index (χ3v) is 4.30. The van der Waals surface area contributed by atoms with Gasteiger partial charge in [0.05, 0.1) is 11.7 Å². The van der Waals surface area contributed by atoms with Crippen LogP contribution in [0.5, 0.6) is 0 Å². The molecule has 0 aromatic rings. The van der Waals surface area contributed by atoms with Crippen LogP contribution in [0.25, 0.3) is 0 Å². The van der Waals surface area contributed by atoms with E-state index >= 15 is 0 Å². The van der Waals surface area contributed by atoms with E-state index in [2.05, 4.69) is 12.2 Å². The summed E-state index contributed by atoms with van der Waals surface area (Å²) in [5.74, 6) is 1.73. The number of aliphatic hydroxyl groups excluding tert-OH is 1. The molecule has 0 amide bonds. The zero-order chi connectivity index (χ0) is 9.22. The van der Waals surface area contributed by atoms with E-state index in [1.165, 1.54) is 0 Å². The quantitative estimate of drug-likeness (QED) is 0.545. The Bertz CT molecular complexity index is 269. The van der Waals surface area contributed by atoms with Crippen LogP contribution in [0, 0.1) is 23.7 Å². The maximum atomic E-state index is 10.2. The van der Waals surface area contributed by atoms with Gasteiger partial charge < -0.3 is 10.2 Å². The number of hydrogen-bond acceptors (Lipinski definition) is 2. The molecular formula is C11H16O2. The van der Waals surface area contributed by atoms with E-state index in [1.807, 2.05) is 6.92 Å². The number of rotatable bonds is 0. The van der Waals surface area contributed by atoms with Gasteiger partial charge in [0, 0.05) is 5.92 Å². The summed E-state index contributed by atoms with van der Waals surface area (Å²) in [6, 6.07) is 0. The minimum Gasteiger partial charge on any atom is -0.393 e. The lowest BCUT2D eigenvalue weighted by atomic mass is 9.86. The van der Waals surface area contributed by atoms with Crippen LogP contribution in [0.2, 0.25) is 0 Å². The predicted molar refractivity (Wildman–Crippen MR) is 49.0 cm³/mol. The maximum Gasteiger partial charge on any atom is 0.0681 e. The first-order valence-corrected chi connectivity index (χ1v) is 5.18. The lowest BCUT2D eigenvalue weighted by molar-refractivity contribution is -0.0338. The van der Waals surface area contributed by atoms with Crippen LogP contribution >= 0.6 is 0 Å². The van der Waals surface area contributed by atoms with E-state index < -0.39 is 5.60 Å². The van der Waals surface area contributed by atoms with Gasteiger partial charge in [-0.15, -0.1) is 0 Å². The SMILES string of the molecule is C[C@]1(O)C[C@@H]2C=C[C@@H]3C[C@@H](O)[C@@H]1[C@H]32. The highest BCUT2D eigenvalue weighted by molar-refractivity contribution is 5.21. The summed E-state index contributed by atoms with van der Waals surface area (Å²) < 4.78 is 0. The highest BCUT2D eigenvalue weighted by atomic mass is 16.3. The second-order valence-electron chi connectivity index (χ2n) is 5.18. The fourth-order valence-corrected chi connectivity index (χ4v) is 3.96. The van der Waals surface area contributed by atoms with Crippen molar-refractivity contribution >= 4 is 0 Å². The second-order valence-corrected chi connectivity index (χ2v) is 5.18. The van der Waals surface area contributed by atoms with Crippen molar-refractivity contribution in [3.8, 4) is 0 Å². The van der Waals surface area contributed by atoms with Crippen LogP contribution in [0.1, 0.15) is 19.8 Å². The Balaban J connectivity index is 2.03. The van der Waals surface area contributed by atoms with Gasteiger partial charge in [0.15, 0.2) is 0 Å². The molecule has 2 saturated carbocycles. The summed E-state index contributed by atoms with van der Waals surface area (Å²) in [6.07, 6.45) is 5.91. The molecule has 0 unspecified atom stereocenters. The molecule has 0 spiro atoms. The summed E-state index contributed by atoms with van der Waals surface area (Å²) in [6.45, 7) is 1.88. The molecule has 2 fully saturated rings. The molecule has 2 heteroatoms. The second kappa shape index (κ2) is 2.18. The zero-order valence-corrected chi connectivity index (χ0v) is 7.85. The Morgan fingerprint density at radius 3 is 2.77 bits per heavy atom. The fraction of sp³-hybridized carbons (Fsp3) is 0.818. The third-order valence-electron chi connectivity index (χ3n) is 4.30. The van der Waals surface area contributed by atoms with E-state index in [1.54, 1.807) is 0 Å². The Kier molecular flexibility index (Phi) is 1.34. The normalized spacial score (nSPS) is 63.2. The number of aliphatic hydroxyl groups is 2. The van der Waals surface area contributed by atoms with Gasteiger partial charge in [0.2, 0.25) is 0 Å². The largest absolute Gasteiger partial charge is 0.393 e. The van der Waals surface area contributed by atoms with Gasteiger partial charge in [-0.3, -0.25) is 0 Å². The summed E-state index contributed by atoms with van der Waals surface area (Å²) in [5, 5.41) is 20.0. The van der Waals surface area contributed by atoms with Gasteiger partial charge >= 0.3 is 0 Å². The maximum absolute atomic E-state index is 10.2. The van der Waals surface area contributed by atoms with Crippen LogP contribution in [-0.2, 0) is 0 Å². The molecule has 0 aliphatic heterocycles. The predicted octanol–water partition coefficient (Wildman–Crippen LogP) is 0.940. The first-order valence-electron chi connectivity index (χ1n) is 5.18. The Hall–Kier alpha value is -0.340. The van der Waals surface area contributed by atoms with Crippen LogP contribution in [0.4, 0.5) is 0 Å². The van der Waals surface area contributed by atoms with Gasteiger partial charge in [0.25, 0.3) is 0 Å². The fourth-order valence-electron chi connectivity index (χ4n) is 3.96. The molecule has 0 heterocycles. The first-order chi connectivity index (χ1) is 6.09. The number of hydrogen-bond donors (Lipinski definition) is 2. The minimum atomic E-state index is -0.631. The molecule has 0 saturated heterocycles. The number of allylic oxidation sites excluding steroid dienone is 2. The van der Waals surface area contributed by atoms with Crippen molar-refractivity contribution in [2.45, 2.75) is 31.5 Å². The molecule has 3 aliphatic carbocycles. The molecular weight excluding hydrogens is 164 g/mol. The third kappa shape index (κ3) is 0.856. The summed E-state index contributed by atoms with van der Waals surface area (Å²) in [7, 11) is 0. The van der Waals surface area contributed by atoms with Crippen molar-refractivity contribution in [1.82, 2.24) is 0 Å². The molecule has 0 radical (unpaired) electrons. The summed E-state index contributed by atoms with van der Waals surface area (Å²) in [4.78, 5) is 0. The van der Waals surface area contributed by atoms with Gasteiger partial charge in [-0.25, -0.2) is 0 Å². The van der Waals surface area contributed by atoms with E-state index in [0.717, 1.165) is 12.8 Å². The highest BCUT2D eigenvalue weighted by Gasteiger charge is 2.59. The Morgan fingerprint density at radius 2 is 2.00 bits per heavy atom. The van der Waals surface area contributed by atoms with Crippen molar-refractivity contribution in [2.75, 3.05) is 0 Å². The molecule has 2 N–H and O–H groups in total. The van der Waals surface area contributed by atoms with E-state index in [0.29, 0.717) is 17.8 Å². The first kappa shape index (κ1) is 8.01. The standard InChI is InChI=1S/C11H16O2/c1-11(13)5-7-3-2-6-4-8(12)10(11)9(6)7/h2-3,6-10,12-13H,4-5H2,1H3/t6-,7+,8-,9-,10-,11+/m1/s1. The van der Waals surface area contributed by atoms with E-state index in [-0.39, 0.29) is 12.0 Å². The average molecular weight is 180 g/mol. The molecule has 0 bridgehead atoms. The summed E-state index contributed by atoms with van der Waals surface area (Å²) >= 11 is 0. The van der Waals surface area contributed by atoms with Crippen LogP contribution < -0.4 is 0 Å². The molecule has 72 valence electrons. The molecule has 13 heavy (non-hydrogen) atoms. The van der Waals surface area contributed by atoms with Gasteiger partial charge in [0.1, 0.15) is 0 Å². The van der Waals surface area contributed by atoms with Gasteiger partial charge in [-0.05, 0) is 37.5 Å². The van der Waals surface area contributed by atoms with Crippen molar-refractivity contribution in [3.05, 3.63) is 12.2 Å². The minimum absolute atomic E-state index is 0.123. The van der Waals surface area contributed by atoms with E-state index in [4.69, 9.17) is 0 Å². The van der Waals surface area contributed by atoms with Crippen LogP contribution in [-0.4, -0.2) is 21.9 Å². The Labute approximate surface area is 78.3 Å². The Morgan fingerprint density at radius 1 is 1.31 bits per heavy atom.